The Kier molecular flexibility index (Phi) is 5.14. The number of benzene rings is 2. The molecule has 30 heavy (non-hydrogen) atoms. The SMILES string of the molecule is CC(C)n1nc(-c2cc(-c3ccc(F)cc3)c(N)nc2-c2ccccc2)ccc1=O. The Morgan fingerprint density at radius 1 is 0.900 bits per heavy atom. The molecule has 0 spiro atoms. The fourth-order valence-corrected chi connectivity index (χ4v) is 3.34. The first kappa shape index (κ1) is 19.5. The van der Waals surface area contributed by atoms with Crippen LogP contribution in [0.3, 0.4) is 0 Å². The van der Waals surface area contributed by atoms with Crippen molar-refractivity contribution in [2.24, 2.45) is 0 Å². The lowest BCUT2D eigenvalue weighted by molar-refractivity contribution is 0.505. The number of hydrogen-bond donors (Lipinski definition) is 1. The molecule has 4 aromatic rings. The topological polar surface area (TPSA) is 73.8 Å². The predicted molar refractivity (Wildman–Crippen MR) is 117 cm³/mol. The molecule has 0 aliphatic rings. The third-order valence-corrected chi connectivity index (χ3v) is 4.84. The van der Waals surface area contributed by atoms with E-state index >= 15 is 0 Å². The number of aromatic nitrogens is 3. The minimum absolute atomic E-state index is 0.0871. The lowest BCUT2D eigenvalue weighted by Gasteiger charge is -2.15. The summed E-state index contributed by atoms with van der Waals surface area (Å²) in [6, 6.07) is 20.8. The molecule has 2 N–H and O–H groups in total. The minimum Gasteiger partial charge on any atom is -0.383 e. The van der Waals surface area contributed by atoms with E-state index < -0.39 is 0 Å². The number of rotatable bonds is 4. The molecule has 0 unspecified atom stereocenters. The van der Waals surface area contributed by atoms with E-state index in [4.69, 9.17) is 5.73 Å². The number of nitrogens with zero attached hydrogens (tertiary/aromatic N) is 3. The normalized spacial score (nSPS) is 11.1. The Hall–Kier alpha value is -3.80. The molecule has 2 aromatic carbocycles. The second kappa shape index (κ2) is 7.91. The maximum absolute atomic E-state index is 13.4. The number of anilines is 1. The second-order valence-electron chi connectivity index (χ2n) is 7.29. The molecule has 2 heterocycles. The molecule has 5 nitrogen and oxygen atoms in total. The van der Waals surface area contributed by atoms with Gasteiger partial charge in [-0.15, -0.1) is 0 Å². The highest BCUT2D eigenvalue weighted by Gasteiger charge is 2.17. The molecule has 0 radical (unpaired) electrons. The van der Waals surface area contributed by atoms with Crippen LogP contribution < -0.4 is 11.3 Å². The molecular weight excluding hydrogens is 379 g/mol. The van der Waals surface area contributed by atoms with Crippen molar-refractivity contribution < 1.29 is 4.39 Å². The van der Waals surface area contributed by atoms with E-state index in [1.165, 1.54) is 22.9 Å². The molecule has 0 saturated heterocycles. The van der Waals surface area contributed by atoms with Crippen LogP contribution in [0.1, 0.15) is 19.9 Å². The van der Waals surface area contributed by atoms with E-state index in [-0.39, 0.29) is 17.4 Å². The summed E-state index contributed by atoms with van der Waals surface area (Å²) in [6.07, 6.45) is 0. The first-order chi connectivity index (χ1) is 14.4. The first-order valence-corrected chi connectivity index (χ1v) is 9.66. The van der Waals surface area contributed by atoms with Crippen LogP contribution in [0, 0.1) is 5.82 Å². The van der Waals surface area contributed by atoms with E-state index in [1.54, 1.807) is 18.2 Å². The quantitative estimate of drug-likeness (QED) is 0.526. The van der Waals surface area contributed by atoms with Gasteiger partial charge in [0, 0.05) is 22.8 Å². The van der Waals surface area contributed by atoms with E-state index in [1.807, 2.05) is 50.2 Å². The first-order valence-electron chi connectivity index (χ1n) is 9.66. The van der Waals surface area contributed by atoms with Gasteiger partial charge in [0.15, 0.2) is 0 Å². The Morgan fingerprint density at radius 3 is 2.27 bits per heavy atom. The number of hydrogen-bond acceptors (Lipinski definition) is 4. The number of halogens is 1. The van der Waals surface area contributed by atoms with E-state index in [0.29, 0.717) is 22.8 Å². The summed E-state index contributed by atoms with van der Waals surface area (Å²) in [6.45, 7) is 3.81. The zero-order valence-corrected chi connectivity index (χ0v) is 16.7. The summed E-state index contributed by atoms with van der Waals surface area (Å²) < 4.78 is 14.8. The highest BCUT2D eigenvalue weighted by atomic mass is 19.1. The monoisotopic (exact) mass is 400 g/mol. The van der Waals surface area contributed by atoms with Gasteiger partial charge in [0.2, 0.25) is 0 Å². The molecule has 0 aliphatic heterocycles. The highest BCUT2D eigenvalue weighted by molar-refractivity contribution is 5.87. The van der Waals surface area contributed by atoms with E-state index in [0.717, 1.165) is 16.7 Å². The van der Waals surface area contributed by atoms with Gasteiger partial charge in [-0.05, 0) is 43.7 Å². The third kappa shape index (κ3) is 3.72. The number of nitrogens with two attached hydrogens (primary N) is 1. The molecule has 0 amide bonds. The lowest BCUT2D eigenvalue weighted by atomic mass is 9.98. The summed E-state index contributed by atoms with van der Waals surface area (Å²) in [7, 11) is 0. The van der Waals surface area contributed by atoms with Gasteiger partial charge in [-0.2, -0.15) is 5.10 Å². The van der Waals surface area contributed by atoms with Crippen molar-refractivity contribution in [2.75, 3.05) is 5.73 Å². The van der Waals surface area contributed by atoms with Crippen LogP contribution in [0.15, 0.2) is 77.6 Å². The molecule has 0 fully saturated rings. The molecule has 0 atom stereocenters. The van der Waals surface area contributed by atoms with Gasteiger partial charge in [-0.1, -0.05) is 42.5 Å². The maximum atomic E-state index is 13.4. The Bertz CT molecular complexity index is 1250. The average Bonchev–Trinajstić information content (AvgIpc) is 2.75. The van der Waals surface area contributed by atoms with Gasteiger partial charge in [0.1, 0.15) is 11.6 Å². The molecule has 150 valence electrons. The van der Waals surface area contributed by atoms with Crippen molar-refractivity contribution >= 4 is 5.82 Å². The standard InChI is InChI=1S/C24H21FN4O/c1-15(2)29-22(30)13-12-21(28-29)20-14-19(16-8-10-18(25)11-9-16)24(26)27-23(20)17-6-4-3-5-7-17/h3-15H,1-2H3,(H2,26,27). The lowest BCUT2D eigenvalue weighted by Crippen LogP contribution is -2.24. The summed E-state index contributed by atoms with van der Waals surface area (Å²) in [5.74, 6) is 0.0125. The maximum Gasteiger partial charge on any atom is 0.267 e. The zero-order chi connectivity index (χ0) is 21.3. The van der Waals surface area contributed by atoms with Gasteiger partial charge in [-0.3, -0.25) is 4.79 Å². The second-order valence-corrected chi connectivity index (χ2v) is 7.29. The summed E-state index contributed by atoms with van der Waals surface area (Å²) in [5.41, 5.74) is 10.5. The van der Waals surface area contributed by atoms with Crippen LogP contribution in [0.4, 0.5) is 10.2 Å². The molecular formula is C24H21FN4O. The van der Waals surface area contributed by atoms with Crippen molar-refractivity contribution in [2.45, 2.75) is 19.9 Å². The van der Waals surface area contributed by atoms with Crippen molar-refractivity contribution in [3.05, 3.63) is 89.0 Å². The van der Waals surface area contributed by atoms with Crippen LogP contribution >= 0.6 is 0 Å². The third-order valence-electron chi connectivity index (χ3n) is 4.84. The fraction of sp³-hybridized carbons (Fsp3) is 0.125. The number of pyridine rings is 1. The fourth-order valence-electron chi connectivity index (χ4n) is 3.34. The number of nitrogen functional groups attached to an aromatic ring is 1. The summed E-state index contributed by atoms with van der Waals surface area (Å²) >= 11 is 0. The van der Waals surface area contributed by atoms with E-state index in [9.17, 15) is 9.18 Å². The zero-order valence-electron chi connectivity index (χ0n) is 16.7. The van der Waals surface area contributed by atoms with Crippen LogP contribution in [0.5, 0.6) is 0 Å². The van der Waals surface area contributed by atoms with Crippen molar-refractivity contribution in [1.29, 1.82) is 0 Å². The Morgan fingerprint density at radius 2 is 1.60 bits per heavy atom. The van der Waals surface area contributed by atoms with Crippen LogP contribution in [0.25, 0.3) is 33.6 Å². The van der Waals surface area contributed by atoms with Crippen LogP contribution in [-0.4, -0.2) is 14.8 Å². The largest absolute Gasteiger partial charge is 0.383 e. The highest BCUT2D eigenvalue weighted by Crippen LogP contribution is 2.36. The van der Waals surface area contributed by atoms with Crippen molar-refractivity contribution in [3.8, 4) is 33.6 Å². The Balaban J connectivity index is 1.99. The summed E-state index contributed by atoms with van der Waals surface area (Å²) in [4.78, 5) is 16.9. The van der Waals surface area contributed by atoms with Crippen LogP contribution in [-0.2, 0) is 0 Å². The smallest absolute Gasteiger partial charge is 0.267 e. The van der Waals surface area contributed by atoms with Crippen molar-refractivity contribution in [3.63, 3.8) is 0 Å². The predicted octanol–water partition coefficient (Wildman–Crippen LogP) is 4.94. The molecule has 0 aliphatic carbocycles. The van der Waals surface area contributed by atoms with Gasteiger partial charge in [0.05, 0.1) is 17.4 Å². The van der Waals surface area contributed by atoms with Gasteiger partial charge >= 0.3 is 0 Å². The Labute approximate surface area is 173 Å². The van der Waals surface area contributed by atoms with Gasteiger partial charge in [-0.25, -0.2) is 14.1 Å². The average molecular weight is 400 g/mol. The van der Waals surface area contributed by atoms with Crippen LogP contribution in [0.2, 0.25) is 0 Å². The molecule has 0 bridgehead atoms. The van der Waals surface area contributed by atoms with Crippen molar-refractivity contribution in [1.82, 2.24) is 14.8 Å². The molecule has 6 heteroatoms. The van der Waals surface area contributed by atoms with Gasteiger partial charge < -0.3 is 5.73 Å². The van der Waals surface area contributed by atoms with E-state index in [2.05, 4.69) is 10.1 Å². The minimum atomic E-state index is -0.322. The molecule has 2 aromatic heterocycles. The molecule has 4 rings (SSSR count). The molecule has 0 saturated carbocycles. The van der Waals surface area contributed by atoms with Gasteiger partial charge in [0.25, 0.3) is 5.56 Å². The summed E-state index contributed by atoms with van der Waals surface area (Å²) in [5, 5.41) is 4.57.